The highest BCUT2D eigenvalue weighted by molar-refractivity contribution is 5.55. The van der Waals surface area contributed by atoms with Gasteiger partial charge in [-0.25, -0.2) is 0 Å². The molecule has 27 heavy (non-hydrogen) atoms. The molecule has 0 bridgehead atoms. The Bertz CT molecular complexity index is 900. The van der Waals surface area contributed by atoms with Gasteiger partial charge < -0.3 is 0 Å². The maximum absolute atomic E-state index is 2.35. The van der Waals surface area contributed by atoms with Gasteiger partial charge in [-0.1, -0.05) is 103 Å². The number of aryl methyl sites for hydroxylation is 3. The maximum Gasteiger partial charge on any atom is 0.0204 e. The number of hydrogen-bond donors (Lipinski definition) is 0. The molecule has 3 aromatic carbocycles. The topological polar surface area (TPSA) is 0 Å². The van der Waals surface area contributed by atoms with Crippen molar-refractivity contribution in [1.82, 2.24) is 0 Å². The minimum Gasteiger partial charge on any atom is -0.0873 e. The van der Waals surface area contributed by atoms with Crippen LogP contribution in [0.4, 0.5) is 0 Å². The van der Waals surface area contributed by atoms with E-state index in [4.69, 9.17) is 0 Å². The third kappa shape index (κ3) is 5.56. The highest BCUT2D eigenvalue weighted by Crippen LogP contribution is 2.24. The summed E-state index contributed by atoms with van der Waals surface area (Å²) in [6.07, 6.45) is 11.4. The Kier molecular flexibility index (Phi) is 6.82. The van der Waals surface area contributed by atoms with Crippen molar-refractivity contribution in [2.45, 2.75) is 32.6 Å². The largest absolute Gasteiger partial charge is 0.0873 e. The lowest BCUT2D eigenvalue weighted by Crippen LogP contribution is -1.95. The summed E-state index contributed by atoms with van der Waals surface area (Å²) in [6, 6.07) is 27.9. The van der Waals surface area contributed by atoms with Crippen molar-refractivity contribution in [2.75, 3.05) is 0 Å². The summed E-state index contributed by atoms with van der Waals surface area (Å²) in [6.45, 7) is 4.36. The summed E-state index contributed by atoms with van der Waals surface area (Å²) < 4.78 is 0. The molecule has 136 valence electrons. The maximum atomic E-state index is 2.35. The Morgan fingerprint density at radius 1 is 0.704 bits per heavy atom. The monoisotopic (exact) mass is 352 g/mol. The SMILES string of the molecule is Cc1ccccc1/C=C/C(/C=C/CCc1ccccc1)c1ccccc1C. The van der Waals surface area contributed by atoms with Crippen LogP contribution < -0.4 is 0 Å². The van der Waals surface area contributed by atoms with Crippen LogP contribution in [-0.2, 0) is 6.42 Å². The highest BCUT2D eigenvalue weighted by atomic mass is 14.1. The summed E-state index contributed by atoms with van der Waals surface area (Å²) in [5.41, 5.74) is 6.70. The Balaban J connectivity index is 1.77. The minimum absolute atomic E-state index is 0.293. The Labute approximate surface area is 163 Å². The Hall–Kier alpha value is -2.86. The van der Waals surface area contributed by atoms with E-state index < -0.39 is 0 Å². The highest BCUT2D eigenvalue weighted by Gasteiger charge is 2.07. The molecule has 0 amide bonds. The zero-order valence-electron chi connectivity index (χ0n) is 16.3. The normalized spacial score (nSPS) is 12.7. The van der Waals surface area contributed by atoms with Crippen molar-refractivity contribution in [3.05, 3.63) is 125 Å². The number of rotatable bonds is 7. The van der Waals surface area contributed by atoms with Crippen LogP contribution >= 0.6 is 0 Å². The van der Waals surface area contributed by atoms with Gasteiger partial charge in [-0.05, 0) is 54.5 Å². The van der Waals surface area contributed by atoms with Crippen molar-refractivity contribution in [3.8, 4) is 0 Å². The first-order chi connectivity index (χ1) is 13.2. The molecule has 1 atom stereocenters. The number of hydrogen-bond acceptors (Lipinski definition) is 0. The van der Waals surface area contributed by atoms with E-state index in [2.05, 4.69) is 117 Å². The second-order valence-electron chi connectivity index (χ2n) is 7.05. The molecule has 0 aromatic heterocycles. The van der Waals surface area contributed by atoms with E-state index in [1.165, 1.54) is 27.8 Å². The molecular weight excluding hydrogens is 324 g/mol. The first-order valence-electron chi connectivity index (χ1n) is 9.74. The number of benzene rings is 3. The molecule has 0 aliphatic heterocycles. The quantitative estimate of drug-likeness (QED) is 0.392. The zero-order valence-corrected chi connectivity index (χ0v) is 16.3. The van der Waals surface area contributed by atoms with Crippen LogP contribution in [-0.4, -0.2) is 0 Å². The molecule has 0 radical (unpaired) electrons. The molecule has 3 aromatic rings. The van der Waals surface area contributed by atoms with E-state index in [0.29, 0.717) is 5.92 Å². The van der Waals surface area contributed by atoms with Gasteiger partial charge in [-0.15, -0.1) is 0 Å². The fourth-order valence-corrected chi connectivity index (χ4v) is 3.35. The van der Waals surface area contributed by atoms with Gasteiger partial charge in [0.05, 0.1) is 0 Å². The molecule has 0 fully saturated rings. The van der Waals surface area contributed by atoms with E-state index in [1.807, 2.05) is 0 Å². The van der Waals surface area contributed by atoms with Gasteiger partial charge in [0.25, 0.3) is 0 Å². The van der Waals surface area contributed by atoms with Crippen molar-refractivity contribution in [1.29, 1.82) is 0 Å². The van der Waals surface area contributed by atoms with E-state index >= 15 is 0 Å². The second kappa shape index (κ2) is 9.73. The van der Waals surface area contributed by atoms with Gasteiger partial charge in [-0.3, -0.25) is 0 Å². The zero-order chi connectivity index (χ0) is 18.9. The van der Waals surface area contributed by atoms with Crippen LogP contribution in [0.25, 0.3) is 6.08 Å². The molecule has 0 heteroatoms. The predicted molar refractivity (Wildman–Crippen MR) is 118 cm³/mol. The molecule has 0 saturated carbocycles. The van der Waals surface area contributed by atoms with Crippen LogP contribution in [0, 0.1) is 13.8 Å². The second-order valence-corrected chi connectivity index (χ2v) is 7.05. The molecule has 1 unspecified atom stereocenters. The molecule has 0 aliphatic rings. The molecule has 0 heterocycles. The summed E-state index contributed by atoms with van der Waals surface area (Å²) in [5, 5.41) is 0. The van der Waals surface area contributed by atoms with Gasteiger partial charge in [0.15, 0.2) is 0 Å². The van der Waals surface area contributed by atoms with Crippen LogP contribution in [0.3, 0.4) is 0 Å². The molecule has 0 nitrogen and oxygen atoms in total. The molecule has 0 spiro atoms. The van der Waals surface area contributed by atoms with Crippen LogP contribution in [0.2, 0.25) is 0 Å². The average molecular weight is 353 g/mol. The summed E-state index contributed by atoms with van der Waals surface area (Å²) in [4.78, 5) is 0. The lowest BCUT2D eigenvalue weighted by molar-refractivity contribution is 0.977. The minimum atomic E-state index is 0.293. The summed E-state index contributed by atoms with van der Waals surface area (Å²) in [5.74, 6) is 0.293. The summed E-state index contributed by atoms with van der Waals surface area (Å²) in [7, 11) is 0. The molecule has 0 N–H and O–H groups in total. The van der Waals surface area contributed by atoms with Gasteiger partial charge in [-0.2, -0.15) is 0 Å². The van der Waals surface area contributed by atoms with Gasteiger partial charge in [0, 0.05) is 5.92 Å². The molecular formula is C27H28. The standard InChI is InChI=1S/C27H28/c1-22-12-6-9-17-25(22)20-21-26(27-19-11-7-13-23(27)2)18-10-8-16-24-14-4-3-5-15-24/h3-7,9-15,17-21,26H,8,16H2,1-2H3/b18-10+,21-20+. The lowest BCUT2D eigenvalue weighted by Gasteiger charge is -2.12. The lowest BCUT2D eigenvalue weighted by atomic mass is 9.92. The van der Waals surface area contributed by atoms with Crippen LogP contribution in [0.1, 0.15) is 40.2 Å². The van der Waals surface area contributed by atoms with Gasteiger partial charge in [0.2, 0.25) is 0 Å². The Morgan fingerprint density at radius 3 is 2.11 bits per heavy atom. The van der Waals surface area contributed by atoms with E-state index in [-0.39, 0.29) is 0 Å². The molecule has 0 aliphatic carbocycles. The first-order valence-corrected chi connectivity index (χ1v) is 9.74. The third-order valence-corrected chi connectivity index (χ3v) is 5.01. The molecule has 3 rings (SSSR count). The van der Waals surface area contributed by atoms with E-state index in [1.54, 1.807) is 0 Å². The number of allylic oxidation sites excluding steroid dienone is 3. The fraction of sp³-hybridized carbons (Fsp3) is 0.185. The van der Waals surface area contributed by atoms with Crippen molar-refractivity contribution < 1.29 is 0 Å². The van der Waals surface area contributed by atoms with E-state index in [0.717, 1.165) is 12.8 Å². The van der Waals surface area contributed by atoms with Crippen LogP contribution in [0.5, 0.6) is 0 Å². The van der Waals surface area contributed by atoms with Crippen LogP contribution in [0.15, 0.2) is 97.1 Å². The summed E-state index contributed by atoms with van der Waals surface area (Å²) >= 11 is 0. The fourth-order valence-electron chi connectivity index (χ4n) is 3.35. The van der Waals surface area contributed by atoms with E-state index in [9.17, 15) is 0 Å². The van der Waals surface area contributed by atoms with Crippen molar-refractivity contribution >= 4 is 6.08 Å². The first kappa shape index (κ1) is 18.9. The predicted octanol–water partition coefficient (Wildman–Crippen LogP) is 7.29. The van der Waals surface area contributed by atoms with Crippen molar-refractivity contribution in [2.24, 2.45) is 0 Å². The average Bonchev–Trinajstić information content (AvgIpc) is 2.70. The molecule has 0 saturated heterocycles. The van der Waals surface area contributed by atoms with Crippen molar-refractivity contribution in [3.63, 3.8) is 0 Å². The van der Waals surface area contributed by atoms with Gasteiger partial charge >= 0.3 is 0 Å². The smallest absolute Gasteiger partial charge is 0.0204 e. The Morgan fingerprint density at radius 2 is 1.37 bits per heavy atom. The van der Waals surface area contributed by atoms with Gasteiger partial charge in [0.1, 0.15) is 0 Å². The third-order valence-electron chi connectivity index (χ3n) is 5.01.